The van der Waals surface area contributed by atoms with Crippen LogP contribution in [0.2, 0.25) is 0 Å². The van der Waals surface area contributed by atoms with Crippen LogP contribution < -0.4 is 10.1 Å². The highest BCUT2D eigenvalue weighted by molar-refractivity contribution is 5.96. The lowest BCUT2D eigenvalue weighted by atomic mass is 9.85. The molecule has 8 heteroatoms. The van der Waals surface area contributed by atoms with Crippen LogP contribution in [0.4, 0.5) is 0 Å². The molecule has 0 radical (unpaired) electrons. The van der Waals surface area contributed by atoms with E-state index in [1.54, 1.807) is 24.7 Å². The third-order valence-corrected chi connectivity index (χ3v) is 6.83. The van der Waals surface area contributed by atoms with E-state index < -0.39 is 0 Å². The van der Waals surface area contributed by atoms with Crippen LogP contribution in [0.3, 0.4) is 0 Å². The summed E-state index contributed by atoms with van der Waals surface area (Å²) in [5, 5.41) is 20.7. The molecule has 2 aromatic carbocycles. The second-order valence-electron chi connectivity index (χ2n) is 9.01. The lowest BCUT2D eigenvalue weighted by molar-refractivity contribution is 0.0498. The number of aromatic nitrogens is 3. The maximum atomic E-state index is 13.9. The van der Waals surface area contributed by atoms with Gasteiger partial charge in [-0.25, -0.2) is 0 Å². The van der Waals surface area contributed by atoms with Gasteiger partial charge in [-0.3, -0.25) is 14.9 Å². The molecule has 36 heavy (non-hydrogen) atoms. The molecule has 1 aliphatic rings. The third-order valence-electron chi connectivity index (χ3n) is 6.83. The molecule has 2 heterocycles. The molecule has 0 spiro atoms. The predicted octanol–water partition coefficient (Wildman–Crippen LogP) is 4.29. The van der Waals surface area contributed by atoms with E-state index in [1.807, 2.05) is 55.3 Å². The number of nitriles is 1. The molecule has 182 valence electrons. The molecule has 1 saturated carbocycles. The fourth-order valence-electron chi connectivity index (χ4n) is 4.76. The van der Waals surface area contributed by atoms with Gasteiger partial charge in [-0.15, -0.1) is 0 Å². The molecule has 2 aromatic heterocycles. The molecule has 0 bridgehead atoms. The van der Waals surface area contributed by atoms with Crippen LogP contribution in [-0.2, 0) is 6.54 Å². The predicted molar refractivity (Wildman–Crippen MR) is 137 cm³/mol. The van der Waals surface area contributed by atoms with E-state index in [2.05, 4.69) is 26.6 Å². The Kier molecular flexibility index (Phi) is 6.65. The first-order valence-corrected chi connectivity index (χ1v) is 12.1. The second kappa shape index (κ2) is 10.2. The van der Waals surface area contributed by atoms with E-state index in [1.165, 1.54) is 0 Å². The fourth-order valence-corrected chi connectivity index (χ4v) is 4.76. The van der Waals surface area contributed by atoms with E-state index in [0.29, 0.717) is 36.1 Å². The molecule has 0 atom stereocenters. The number of carbonyl (C=O) groups is 1. The minimum atomic E-state index is -0.0515. The molecule has 0 aliphatic heterocycles. The quantitative estimate of drug-likeness (QED) is 0.390. The summed E-state index contributed by atoms with van der Waals surface area (Å²) in [6.45, 7) is 2.81. The van der Waals surface area contributed by atoms with Crippen molar-refractivity contribution in [2.75, 3.05) is 13.7 Å². The number of H-pyrrole nitrogens is 1. The molecular weight excluding hydrogens is 452 g/mol. The summed E-state index contributed by atoms with van der Waals surface area (Å²) < 4.78 is 5.95. The fraction of sp³-hybridized carbons (Fsp3) is 0.286. The highest BCUT2D eigenvalue weighted by Crippen LogP contribution is 2.34. The summed E-state index contributed by atoms with van der Waals surface area (Å²) in [7, 11) is 1.96. The average molecular weight is 481 g/mol. The van der Waals surface area contributed by atoms with Gasteiger partial charge in [0, 0.05) is 53.1 Å². The van der Waals surface area contributed by atoms with Gasteiger partial charge in [-0.1, -0.05) is 12.1 Å². The van der Waals surface area contributed by atoms with Gasteiger partial charge in [-0.05, 0) is 62.7 Å². The summed E-state index contributed by atoms with van der Waals surface area (Å²) in [5.74, 6) is 0.571. The SMILES string of the molecule is CCOc1cc(C(=O)N(Cc2cncc3cn[nH]c23)C2CC(NC)C2)ccc1-c1cccc(C#N)c1. The van der Waals surface area contributed by atoms with E-state index in [4.69, 9.17) is 4.74 Å². The summed E-state index contributed by atoms with van der Waals surface area (Å²) in [5.41, 5.74) is 4.70. The Morgan fingerprint density at radius 1 is 1.22 bits per heavy atom. The Bertz CT molecular complexity index is 1430. The van der Waals surface area contributed by atoms with Crippen molar-refractivity contribution in [1.29, 1.82) is 5.26 Å². The molecular formula is C28H28N6O2. The van der Waals surface area contributed by atoms with Gasteiger partial charge in [0.25, 0.3) is 5.91 Å². The highest BCUT2D eigenvalue weighted by atomic mass is 16.5. The molecule has 1 amide bonds. The molecule has 0 unspecified atom stereocenters. The van der Waals surface area contributed by atoms with E-state index >= 15 is 0 Å². The van der Waals surface area contributed by atoms with Crippen LogP contribution in [0.1, 0.15) is 41.3 Å². The number of nitrogens with zero attached hydrogens (tertiary/aromatic N) is 4. The van der Waals surface area contributed by atoms with Crippen LogP contribution in [0, 0.1) is 11.3 Å². The smallest absolute Gasteiger partial charge is 0.254 e. The zero-order valence-corrected chi connectivity index (χ0v) is 20.4. The number of amides is 1. The Labute approximate surface area is 209 Å². The van der Waals surface area contributed by atoms with Gasteiger partial charge in [0.05, 0.1) is 30.0 Å². The van der Waals surface area contributed by atoms with Crippen molar-refractivity contribution < 1.29 is 9.53 Å². The van der Waals surface area contributed by atoms with Crippen molar-refractivity contribution in [3.8, 4) is 22.9 Å². The Balaban J connectivity index is 1.49. The van der Waals surface area contributed by atoms with Crippen molar-refractivity contribution in [3.63, 3.8) is 0 Å². The summed E-state index contributed by atoms with van der Waals surface area (Å²) in [4.78, 5) is 20.2. The molecule has 2 N–H and O–H groups in total. The number of hydrogen-bond donors (Lipinski definition) is 2. The highest BCUT2D eigenvalue weighted by Gasteiger charge is 2.36. The van der Waals surface area contributed by atoms with Gasteiger partial charge in [-0.2, -0.15) is 10.4 Å². The first-order chi connectivity index (χ1) is 17.6. The van der Waals surface area contributed by atoms with Gasteiger partial charge in [0.2, 0.25) is 0 Å². The number of hydrogen-bond acceptors (Lipinski definition) is 6. The average Bonchev–Trinajstić information content (AvgIpc) is 3.37. The lowest BCUT2D eigenvalue weighted by Crippen LogP contribution is -2.53. The van der Waals surface area contributed by atoms with Crippen molar-refractivity contribution in [2.24, 2.45) is 0 Å². The van der Waals surface area contributed by atoms with Gasteiger partial charge >= 0.3 is 0 Å². The summed E-state index contributed by atoms with van der Waals surface area (Å²) >= 11 is 0. The normalized spacial score (nSPS) is 16.8. The standard InChI is InChI=1S/C28H28N6O2/c1-3-36-26-10-20(7-8-25(26)19-6-4-5-18(9-19)13-29)28(35)34(24-11-23(12-24)30-2)17-22-15-31-14-21-16-32-33-27(21)22/h4-10,14-16,23-24,30H,3,11-12,17H2,1-2H3,(H,32,33). The molecule has 1 fully saturated rings. The topological polar surface area (TPSA) is 107 Å². The van der Waals surface area contributed by atoms with Gasteiger partial charge in [0.15, 0.2) is 0 Å². The number of rotatable bonds is 8. The maximum Gasteiger partial charge on any atom is 0.254 e. The van der Waals surface area contributed by atoms with Crippen molar-refractivity contribution in [1.82, 2.24) is 25.4 Å². The zero-order chi connectivity index (χ0) is 25.1. The molecule has 5 rings (SSSR count). The number of pyridine rings is 1. The van der Waals surface area contributed by atoms with Gasteiger partial charge in [0.1, 0.15) is 5.75 Å². The second-order valence-corrected chi connectivity index (χ2v) is 9.01. The number of benzene rings is 2. The molecule has 1 aliphatic carbocycles. The monoisotopic (exact) mass is 480 g/mol. The van der Waals surface area contributed by atoms with E-state index in [-0.39, 0.29) is 11.9 Å². The molecule has 8 nitrogen and oxygen atoms in total. The number of ether oxygens (including phenoxy) is 1. The summed E-state index contributed by atoms with van der Waals surface area (Å²) in [6, 6.07) is 15.7. The number of nitrogens with one attached hydrogen (secondary N) is 2. The Morgan fingerprint density at radius 3 is 2.86 bits per heavy atom. The van der Waals surface area contributed by atoms with Crippen molar-refractivity contribution >= 4 is 16.8 Å². The van der Waals surface area contributed by atoms with Crippen molar-refractivity contribution in [3.05, 3.63) is 77.7 Å². The lowest BCUT2D eigenvalue weighted by Gasteiger charge is -2.43. The first kappa shape index (κ1) is 23.5. The van der Waals surface area contributed by atoms with Crippen LogP contribution in [0.5, 0.6) is 5.75 Å². The van der Waals surface area contributed by atoms with E-state index in [0.717, 1.165) is 40.4 Å². The van der Waals surface area contributed by atoms with Gasteiger partial charge < -0.3 is 15.0 Å². The van der Waals surface area contributed by atoms with Crippen LogP contribution in [0.15, 0.2) is 61.1 Å². The number of aromatic amines is 1. The van der Waals surface area contributed by atoms with Crippen LogP contribution in [-0.4, -0.2) is 51.7 Å². The first-order valence-electron chi connectivity index (χ1n) is 12.1. The zero-order valence-electron chi connectivity index (χ0n) is 20.4. The summed E-state index contributed by atoms with van der Waals surface area (Å²) in [6.07, 6.45) is 7.10. The molecule has 0 saturated heterocycles. The molecule has 4 aromatic rings. The largest absolute Gasteiger partial charge is 0.493 e. The number of carbonyl (C=O) groups excluding carboxylic acids is 1. The number of fused-ring (bicyclic) bond motifs is 1. The Hall–Kier alpha value is -4.22. The maximum absolute atomic E-state index is 13.9. The Morgan fingerprint density at radius 2 is 2.08 bits per heavy atom. The van der Waals surface area contributed by atoms with Crippen molar-refractivity contribution in [2.45, 2.75) is 38.4 Å². The van der Waals surface area contributed by atoms with Crippen LogP contribution in [0.25, 0.3) is 22.0 Å². The van der Waals surface area contributed by atoms with Crippen LogP contribution >= 0.6 is 0 Å². The van der Waals surface area contributed by atoms with E-state index in [9.17, 15) is 10.1 Å². The third kappa shape index (κ3) is 4.53. The minimum Gasteiger partial charge on any atom is -0.493 e. The minimum absolute atomic E-state index is 0.0515.